The van der Waals surface area contributed by atoms with Crippen LogP contribution >= 0.6 is 0 Å². The van der Waals surface area contributed by atoms with Crippen LogP contribution < -0.4 is 0 Å². The maximum Gasteiger partial charge on any atom is 0.176 e. The molecule has 2 rings (SSSR count). The summed E-state index contributed by atoms with van der Waals surface area (Å²) in [5.41, 5.74) is 2.12. The molecule has 1 heterocycles. The lowest BCUT2D eigenvalue weighted by Gasteiger charge is -2.37. The SMILES string of the molecule is CCc1ccc(C(=O)CN2CCN(C)C(C)C2)cc1. The zero-order valence-electron chi connectivity index (χ0n) is 12.2. The van der Waals surface area contributed by atoms with E-state index in [2.05, 4.69) is 42.8 Å². The van der Waals surface area contributed by atoms with E-state index in [1.807, 2.05) is 12.1 Å². The van der Waals surface area contributed by atoms with Gasteiger partial charge >= 0.3 is 0 Å². The Morgan fingerprint density at radius 3 is 2.53 bits per heavy atom. The normalized spacial score (nSPS) is 21.5. The number of Topliss-reactive ketones (excluding diaryl/α,β-unsaturated/α-hetero) is 1. The standard InChI is InChI=1S/C16H24N2O/c1-4-14-5-7-15(8-6-14)16(19)12-18-10-9-17(3)13(2)11-18/h5-8,13H,4,9-12H2,1-3H3. The molecule has 0 amide bonds. The zero-order valence-corrected chi connectivity index (χ0v) is 12.2. The van der Waals surface area contributed by atoms with Crippen LogP contribution in [-0.2, 0) is 6.42 Å². The van der Waals surface area contributed by atoms with Gasteiger partial charge in [-0.2, -0.15) is 0 Å². The van der Waals surface area contributed by atoms with Gasteiger partial charge in [-0.3, -0.25) is 9.69 Å². The quantitative estimate of drug-likeness (QED) is 0.774. The molecule has 0 N–H and O–H groups in total. The predicted octanol–water partition coefficient (Wildman–Crippen LogP) is 2.07. The molecule has 1 aliphatic rings. The summed E-state index contributed by atoms with van der Waals surface area (Å²) in [4.78, 5) is 16.9. The molecule has 0 radical (unpaired) electrons. The van der Waals surface area contributed by atoms with Crippen molar-refractivity contribution >= 4 is 5.78 Å². The van der Waals surface area contributed by atoms with Crippen LogP contribution in [0.3, 0.4) is 0 Å². The molecule has 104 valence electrons. The predicted molar refractivity (Wildman–Crippen MR) is 78.7 cm³/mol. The van der Waals surface area contributed by atoms with Gasteiger partial charge in [0.2, 0.25) is 0 Å². The van der Waals surface area contributed by atoms with Gasteiger partial charge < -0.3 is 4.90 Å². The van der Waals surface area contributed by atoms with Crippen LogP contribution in [0.2, 0.25) is 0 Å². The van der Waals surface area contributed by atoms with E-state index >= 15 is 0 Å². The van der Waals surface area contributed by atoms with Crippen molar-refractivity contribution in [2.45, 2.75) is 26.3 Å². The van der Waals surface area contributed by atoms with E-state index in [1.54, 1.807) is 0 Å². The Morgan fingerprint density at radius 1 is 1.26 bits per heavy atom. The Bertz CT molecular complexity index is 427. The number of nitrogens with zero attached hydrogens (tertiary/aromatic N) is 2. The maximum atomic E-state index is 12.2. The molecule has 0 saturated carbocycles. The average Bonchev–Trinajstić information content (AvgIpc) is 2.43. The van der Waals surface area contributed by atoms with E-state index in [9.17, 15) is 4.79 Å². The topological polar surface area (TPSA) is 23.6 Å². The molecule has 1 saturated heterocycles. The summed E-state index contributed by atoms with van der Waals surface area (Å²) in [5.74, 6) is 0.236. The minimum atomic E-state index is 0.236. The number of carbonyl (C=O) groups is 1. The lowest BCUT2D eigenvalue weighted by molar-refractivity contribution is 0.0786. The lowest BCUT2D eigenvalue weighted by Crippen LogP contribution is -2.51. The molecule has 0 aliphatic carbocycles. The second kappa shape index (κ2) is 6.31. The minimum Gasteiger partial charge on any atom is -0.301 e. The van der Waals surface area contributed by atoms with Crippen molar-refractivity contribution < 1.29 is 4.79 Å². The van der Waals surface area contributed by atoms with Crippen molar-refractivity contribution in [3.63, 3.8) is 0 Å². The van der Waals surface area contributed by atoms with Crippen molar-refractivity contribution in [1.29, 1.82) is 0 Å². The first kappa shape index (κ1) is 14.2. The van der Waals surface area contributed by atoms with Crippen LogP contribution in [0.4, 0.5) is 0 Å². The number of hydrogen-bond donors (Lipinski definition) is 0. The van der Waals surface area contributed by atoms with Crippen LogP contribution in [0, 0.1) is 0 Å². The molecular formula is C16H24N2O. The van der Waals surface area contributed by atoms with E-state index in [4.69, 9.17) is 0 Å². The average molecular weight is 260 g/mol. The maximum absolute atomic E-state index is 12.2. The van der Waals surface area contributed by atoms with Gasteiger partial charge in [0.1, 0.15) is 0 Å². The summed E-state index contributed by atoms with van der Waals surface area (Å²) in [7, 11) is 2.15. The summed E-state index contributed by atoms with van der Waals surface area (Å²) in [5, 5.41) is 0. The minimum absolute atomic E-state index is 0.236. The van der Waals surface area contributed by atoms with Crippen LogP contribution in [0.25, 0.3) is 0 Å². The number of rotatable bonds is 4. The molecule has 1 aromatic carbocycles. The molecule has 19 heavy (non-hydrogen) atoms. The van der Waals surface area contributed by atoms with E-state index in [-0.39, 0.29) is 5.78 Å². The molecule has 1 unspecified atom stereocenters. The Kier molecular flexibility index (Phi) is 4.72. The van der Waals surface area contributed by atoms with Crippen molar-refractivity contribution in [3.8, 4) is 0 Å². The van der Waals surface area contributed by atoms with Gasteiger partial charge in [-0.15, -0.1) is 0 Å². The highest BCUT2D eigenvalue weighted by atomic mass is 16.1. The molecular weight excluding hydrogens is 236 g/mol. The van der Waals surface area contributed by atoms with E-state index in [1.165, 1.54) is 5.56 Å². The Hall–Kier alpha value is -1.19. The largest absolute Gasteiger partial charge is 0.301 e. The first-order valence-corrected chi connectivity index (χ1v) is 7.15. The molecule has 3 heteroatoms. The Morgan fingerprint density at radius 2 is 1.95 bits per heavy atom. The molecule has 0 spiro atoms. The summed E-state index contributed by atoms with van der Waals surface area (Å²) in [6.45, 7) is 7.90. The van der Waals surface area contributed by atoms with Crippen molar-refractivity contribution in [2.75, 3.05) is 33.2 Å². The van der Waals surface area contributed by atoms with Crippen molar-refractivity contribution in [1.82, 2.24) is 9.80 Å². The van der Waals surface area contributed by atoms with Crippen LogP contribution in [0.1, 0.15) is 29.8 Å². The number of benzene rings is 1. The van der Waals surface area contributed by atoms with Gasteiger partial charge in [0.05, 0.1) is 6.54 Å². The third-order valence-electron chi connectivity index (χ3n) is 4.10. The monoisotopic (exact) mass is 260 g/mol. The Balaban J connectivity index is 1.93. The van der Waals surface area contributed by atoms with Gasteiger partial charge in [0.15, 0.2) is 5.78 Å². The van der Waals surface area contributed by atoms with Crippen molar-refractivity contribution in [2.24, 2.45) is 0 Å². The first-order valence-electron chi connectivity index (χ1n) is 7.15. The van der Waals surface area contributed by atoms with E-state index in [0.717, 1.165) is 31.6 Å². The number of hydrogen-bond acceptors (Lipinski definition) is 3. The summed E-state index contributed by atoms with van der Waals surface area (Å²) in [6, 6.07) is 8.56. The van der Waals surface area contributed by atoms with Crippen molar-refractivity contribution in [3.05, 3.63) is 35.4 Å². The highest BCUT2D eigenvalue weighted by Crippen LogP contribution is 2.10. The van der Waals surface area contributed by atoms with Gasteiger partial charge in [-0.05, 0) is 26.0 Å². The second-order valence-corrected chi connectivity index (χ2v) is 5.54. The fraction of sp³-hybridized carbons (Fsp3) is 0.562. The summed E-state index contributed by atoms with van der Waals surface area (Å²) in [6.07, 6.45) is 1.02. The third-order valence-corrected chi connectivity index (χ3v) is 4.10. The van der Waals surface area contributed by atoms with Gasteiger partial charge in [-0.25, -0.2) is 0 Å². The third kappa shape index (κ3) is 3.64. The molecule has 3 nitrogen and oxygen atoms in total. The molecule has 1 fully saturated rings. The summed E-state index contributed by atoms with van der Waals surface area (Å²) < 4.78 is 0. The molecule has 0 aromatic heterocycles. The zero-order chi connectivity index (χ0) is 13.8. The number of ketones is 1. The second-order valence-electron chi connectivity index (χ2n) is 5.54. The van der Waals surface area contributed by atoms with Crippen LogP contribution in [-0.4, -0.2) is 54.9 Å². The summed E-state index contributed by atoms with van der Waals surface area (Å²) >= 11 is 0. The molecule has 1 aliphatic heterocycles. The number of aryl methyl sites for hydroxylation is 1. The molecule has 0 bridgehead atoms. The smallest absolute Gasteiger partial charge is 0.176 e. The van der Waals surface area contributed by atoms with Gasteiger partial charge in [0.25, 0.3) is 0 Å². The van der Waals surface area contributed by atoms with E-state index < -0.39 is 0 Å². The number of piperazine rings is 1. The fourth-order valence-corrected chi connectivity index (χ4v) is 2.49. The Labute approximate surface area is 116 Å². The van der Waals surface area contributed by atoms with Gasteiger partial charge in [-0.1, -0.05) is 31.2 Å². The number of carbonyl (C=O) groups excluding carboxylic acids is 1. The highest BCUT2D eigenvalue weighted by Gasteiger charge is 2.22. The lowest BCUT2D eigenvalue weighted by atomic mass is 10.1. The van der Waals surface area contributed by atoms with Crippen LogP contribution in [0.15, 0.2) is 24.3 Å². The molecule has 1 atom stereocenters. The van der Waals surface area contributed by atoms with E-state index in [0.29, 0.717) is 12.6 Å². The number of likely N-dealkylation sites (N-methyl/N-ethyl adjacent to an activating group) is 1. The fourth-order valence-electron chi connectivity index (χ4n) is 2.49. The molecule has 1 aromatic rings. The van der Waals surface area contributed by atoms with Crippen LogP contribution in [0.5, 0.6) is 0 Å². The first-order chi connectivity index (χ1) is 9.10. The highest BCUT2D eigenvalue weighted by molar-refractivity contribution is 5.97. The van der Waals surface area contributed by atoms with Gasteiger partial charge in [0, 0.05) is 31.2 Å².